The van der Waals surface area contributed by atoms with Crippen LogP contribution >= 0.6 is 0 Å². The van der Waals surface area contributed by atoms with Gasteiger partial charge in [0.25, 0.3) is 0 Å². The Morgan fingerprint density at radius 2 is 1.86 bits per heavy atom. The van der Waals surface area contributed by atoms with Crippen molar-refractivity contribution in [2.24, 2.45) is 0 Å². The summed E-state index contributed by atoms with van der Waals surface area (Å²) >= 11 is 0. The van der Waals surface area contributed by atoms with E-state index in [0.29, 0.717) is 11.7 Å². The molecule has 0 radical (unpaired) electrons. The van der Waals surface area contributed by atoms with Crippen LogP contribution in [0.1, 0.15) is 48.5 Å². The fourth-order valence-electron chi connectivity index (χ4n) is 3.80. The number of pyridine rings is 1. The van der Waals surface area contributed by atoms with Crippen LogP contribution in [0.5, 0.6) is 0 Å². The van der Waals surface area contributed by atoms with Gasteiger partial charge >= 0.3 is 0 Å². The number of benzene rings is 1. The summed E-state index contributed by atoms with van der Waals surface area (Å²) < 4.78 is 30.2. The first-order chi connectivity index (χ1) is 13.9. The zero-order valence-corrected chi connectivity index (χ0v) is 17.6. The van der Waals surface area contributed by atoms with Crippen LogP contribution in [-0.4, -0.2) is 23.2 Å². The second-order valence-corrected chi connectivity index (χ2v) is 9.46. The van der Waals surface area contributed by atoms with Gasteiger partial charge in [0.1, 0.15) is 0 Å². The van der Waals surface area contributed by atoms with Gasteiger partial charge in [0.2, 0.25) is 10.0 Å². The van der Waals surface area contributed by atoms with Gasteiger partial charge in [0.05, 0.1) is 34.6 Å². The van der Waals surface area contributed by atoms with Crippen LogP contribution in [0.15, 0.2) is 53.6 Å². The zero-order chi connectivity index (χ0) is 20.4. The molecular weight excluding hydrogens is 384 g/mol. The van der Waals surface area contributed by atoms with Gasteiger partial charge < -0.3 is 0 Å². The number of hydrogen-bond donors (Lipinski definition) is 1. The van der Waals surface area contributed by atoms with Crippen LogP contribution in [-0.2, 0) is 16.6 Å². The second-order valence-electron chi connectivity index (χ2n) is 7.69. The van der Waals surface area contributed by atoms with E-state index in [1.54, 1.807) is 18.3 Å². The molecule has 0 atom stereocenters. The molecule has 7 heteroatoms. The summed E-state index contributed by atoms with van der Waals surface area (Å²) in [7, 11) is -3.60. The van der Waals surface area contributed by atoms with Gasteiger partial charge in [-0.3, -0.25) is 9.67 Å². The third kappa shape index (κ3) is 4.26. The van der Waals surface area contributed by atoms with E-state index < -0.39 is 10.0 Å². The topological polar surface area (TPSA) is 76.9 Å². The number of aromatic nitrogens is 3. The molecule has 1 N–H and O–H groups in total. The third-order valence-electron chi connectivity index (χ3n) is 5.62. The lowest BCUT2D eigenvalue weighted by molar-refractivity contribution is 0.466. The average molecular weight is 411 g/mol. The minimum absolute atomic E-state index is 0.148. The van der Waals surface area contributed by atoms with Crippen molar-refractivity contribution < 1.29 is 8.42 Å². The minimum atomic E-state index is -3.60. The molecule has 0 spiro atoms. The van der Waals surface area contributed by atoms with Crippen molar-refractivity contribution in [3.05, 3.63) is 65.5 Å². The van der Waals surface area contributed by atoms with E-state index in [0.717, 1.165) is 35.4 Å². The fourth-order valence-corrected chi connectivity index (χ4v) is 4.88. The highest BCUT2D eigenvalue weighted by atomic mass is 32.2. The van der Waals surface area contributed by atoms with Crippen LogP contribution in [0, 0.1) is 13.8 Å². The van der Waals surface area contributed by atoms with Crippen molar-refractivity contribution in [1.82, 2.24) is 19.5 Å². The maximum atomic E-state index is 12.7. The molecule has 0 unspecified atom stereocenters. The molecule has 29 heavy (non-hydrogen) atoms. The SMILES string of the molecule is Cc1ccc(S(=O)(=O)NCc2cc(-c3ccccn3)n(C3CCCC3)n2)cc1C. The predicted octanol–water partition coefficient (Wildman–Crippen LogP) is 4.16. The molecule has 0 aliphatic heterocycles. The maximum Gasteiger partial charge on any atom is 0.240 e. The molecule has 1 saturated carbocycles. The Kier molecular flexibility index (Phi) is 5.52. The first-order valence-corrected chi connectivity index (χ1v) is 11.5. The van der Waals surface area contributed by atoms with Gasteiger partial charge in [-0.1, -0.05) is 25.0 Å². The smallest absolute Gasteiger partial charge is 0.240 e. The molecule has 6 nitrogen and oxygen atoms in total. The van der Waals surface area contributed by atoms with Crippen LogP contribution < -0.4 is 4.72 Å². The summed E-state index contributed by atoms with van der Waals surface area (Å²) in [5, 5.41) is 4.75. The predicted molar refractivity (Wildman–Crippen MR) is 113 cm³/mol. The highest BCUT2D eigenvalue weighted by Gasteiger charge is 2.23. The number of nitrogens with one attached hydrogen (secondary N) is 1. The standard InChI is InChI=1S/C22H26N4O2S/c1-16-10-11-20(13-17(16)2)29(27,28)24-15-18-14-22(21-9-5-6-12-23-21)26(25-18)19-7-3-4-8-19/h5-6,9-14,19,24H,3-4,7-8,15H2,1-2H3. The molecule has 1 fully saturated rings. The molecule has 1 aliphatic carbocycles. The van der Waals surface area contributed by atoms with E-state index in [1.807, 2.05) is 48.9 Å². The normalized spacial score (nSPS) is 15.1. The molecule has 152 valence electrons. The van der Waals surface area contributed by atoms with Crippen molar-refractivity contribution in [3.8, 4) is 11.4 Å². The molecule has 4 rings (SSSR count). The Morgan fingerprint density at radius 1 is 1.07 bits per heavy atom. The van der Waals surface area contributed by atoms with Gasteiger partial charge in [-0.15, -0.1) is 0 Å². The monoisotopic (exact) mass is 410 g/mol. The number of nitrogens with zero attached hydrogens (tertiary/aromatic N) is 3. The van der Waals surface area contributed by atoms with Crippen LogP contribution in [0.25, 0.3) is 11.4 Å². The molecular formula is C22H26N4O2S. The van der Waals surface area contributed by atoms with Gasteiger partial charge in [0.15, 0.2) is 0 Å². The lowest BCUT2D eigenvalue weighted by Crippen LogP contribution is -2.23. The first-order valence-electron chi connectivity index (χ1n) is 10.0. The van der Waals surface area contributed by atoms with Crippen molar-refractivity contribution in [2.75, 3.05) is 0 Å². The molecule has 2 heterocycles. The largest absolute Gasteiger partial charge is 0.260 e. The molecule has 0 saturated heterocycles. The van der Waals surface area contributed by atoms with E-state index in [9.17, 15) is 8.42 Å². The van der Waals surface area contributed by atoms with Gasteiger partial charge in [-0.05, 0) is 68.1 Å². The number of sulfonamides is 1. The highest BCUT2D eigenvalue weighted by molar-refractivity contribution is 7.89. The maximum absolute atomic E-state index is 12.7. The Bertz CT molecular complexity index is 1100. The molecule has 0 amide bonds. The van der Waals surface area contributed by atoms with Crippen molar-refractivity contribution in [1.29, 1.82) is 0 Å². The van der Waals surface area contributed by atoms with Crippen LogP contribution in [0.3, 0.4) is 0 Å². The summed E-state index contributed by atoms with van der Waals surface area (Å²) in [6, 6.07) is 13.3. The Morgan fingerprint density at radius 3 is 2.55 bits per heavy atom. The fraction of sp³-hybridized carbons (Fsp3) is 0.364. The van der Waals surface area contributed by atoms with Crippen LogP contribution in [0.4, 0.5) is 0 Å². The van der Waals surface area contributed by atoms with E-state index in [2.05, 4.69) is 9.71 Å². The van der Waals surface area contributed by atoms with Crippen molar-refractivity contribution >= 4 is 10.0 Å². The van der Waals surface area contributed by atoms with E-state index >= 15 is 0 Å². The Hall–Kier alpha value is -2.51. The minimum Gasteiger partial charge on any atom is -0.260 e. The summed E-state index contributed by atoms with van der Waals surface area (Å²) in [6.45, 7) is 4.03. The van der Waals surface area contributed by atoms with Gasteiger partial charge in [0, 0.05) is 6.20 Å². The molecule has 1 aromatic carbocycles. The van der Waals surface area contributed by atoms with E-state index in [1.165, 1.54) is 12.8 Å². The zero-order valence-electron chi connectivity index (χ0n) is 16.8. The number of aryl methyl sites for hydroxylation is 2. The van der Waals surface area contributed by atoms with Gasteiger partial charge in [-0.25, -0.2) is 13.1 Å². The number of rotatable bonds is 6. The highest BCUT2D eigenvalue weighted by Crippen LogP contribution is 2.33. The van der Waals surface area contributed by atoms with E-state index in [-0.39, 0.29) is 11.4 Å². The number of hydrogen-bond acceptors (Lipinski definition) is 4. The lowest BCUT2D eigenvalue weighted by Gasteiger charge is -2.13. The molecule has 0 bridgehead atoms. The van der Waals surface area contributed by atoms with E-state index in [4.69, 9.17) is 5.10 Å². The Balaban J connectivity index is 1.59. The second kappa shape index (κ2) is 8.08. The van der Waals surface area contributed by atoms with Crippen molar-refractivity contribution in [3.63, 3.8) is 0 Å². The van der Waals surface area contributed by atoms with Crippen molar-refractivity contribution in [2.45, 2.75) is 57.0 Å². The Labute approximate surface area is 172 Å². The lowest BCUT2D eigenvalue weighted by atomic mass is 10.1. The third-order valence-corrected chi connectivity index (χ3v) is 7.02. The average Bonchev–Trinajstić information content (AvgIpc) is 3.39. The molecule has 1 aliphatic rings. The summed E-state index contributed by atoms with van der Waals surface area (Å²) in [4.78, 5) is 4.75. The van der Waals surface area contributed by atoms with Crippen LogP contribution in [0.2, 0.25) is 0 Å². The molecule has 3 aromatic rings. The first kappa shape index (κ1) is 19.8. The molecule has 2 aromatic heterocycles. The summed E-state index contributed by atoms with van der Waals surface area (Å²) in [5.74, 6) is 0. The summed E-state index contributed by atoms with van der Waals surface area (Å²) in [6.07, 6.45) is 6.34. The quantitative estimate of drug-likeness (QED) is 0.662. The van der Waals surface area contributed by atoms with Gasteiger partial charge in [-0.2, -0.15) is 5.10 Å². The summed E-state index contributed by atoms with van der Waals surface area (Å²) in [5.41, 5.74) is 4.52.